The van der Waals surface area contributed by atoms with Gasteiger partial charge in [-0.25, -0.2) is 0 Å². The summed E-state index contributed by atoms with van der Waals surface area (Å²) in [6.07, 6.45) is -2.86. The van der Waals surface area contributed by atoms with E-state index in [0.717, 1.165) is 12.1 Å². The Morgan fingerprint density at radius 2 is 1.68 bits per heavy atom. The van der Waals surface area contributed by atoms with E-state index in [-0.39, 0.29) is 5.56 Å². The van der Waals surface area contributed by atoms with Crippen molar-refractivity contribution < 1.29 is 13.2 Å². The fourth-order valence-corrected chi connectivity index (χ4v) is 2.42. The summed E-state index contributed by atoms with van der Waals surface area (Å²) < 4.78 is 37.9. The Morgan fingerprint density at radius 1 is 0.960 bits per heavy atom. The van der Waals surface area contributed by atoms with Crippen LogP contribution in [-0.4, -0.2) is 4.98 Å². The lowest BCUT2D eigenvalue weighted by Crippen LogP contribution is -2.05. The molecule has 1 heterocycles. The smallest absolute Gasteiger partial charge is 0.399 e. The van der Waals surface area contributed by atoms with E-state index in [9.17, 15) is 18.0 Å². The van der Waals surface area contributed by atoms with Crippen LogP contribution in [0.4, 0.5) is 30.2 Å². The highest BCUT2D eigenvalue weighted by Gasteiger charge is 2.29. The average molecular weight is 345 g/mol. The number of halogens is 3. The Labute approximate surface area is 141 Å². The number of hydrogen-bond acceptors (Lipinski definition) is 3. The summed E-state index contributed by atoms with van der Waals surface area (Å²) in [7, 11) is 0. The molecular weight excluding hydrogens is 331 g/mol. The van der Waals surface area contributed by atoms with Gasteiger partial charge in [-0.05, 0) is 54.1 Å². The molecular formula is C18H14F3N3O. The molecule has 0 amide bonds. The number of anilines is 3. The quantitative estimate of drug-likeness (QED) is 0.617. The fourth-order valence-electron chi connectivity index (χ4n) is 2.42. The molecule has 128 valence electrons. The van der Waals surface area contributed by atoms with Gasteiger partial charge in [0.25, 0.3) is 0 Å². The van der Waals surface area contributed by atoms with Crippen molar-refractivity contribution in [2.24, 2.45) is 0 Å². The molecule has 1 aromatic heterocycles. The van der Waals surface area contributed by atoms with Crippen LogP contribution in [0.1, 0.15) is 5.56 Å². The predicted molar refractivity (Wildman–Crippen MR) is 91.6 cm³/mol. The van der Waals surface area contributed by atoms with Crippen molar-refractivity contribution in [1.29, 1.82) is 0 Å². The number of rotatable bonds is 3. The molecule has 0 aliphatic rings. The van der Waals surface area contributed by atoms with Crippen LogP contribution >= 0.6 is 0 Å². The molecule has 0 atom stereocenters. The van der Waals surface area contributed by atoms with Gasteiger partial charge in [-0.1, -0.05) is 0 Å². The van der Waals surface area contributed by atoms with Crippen molar-refractivity contribution in [2.45, 2.75) is 6.18 Å². The summed E-state index contributed by atoms with van der Waals surface area (Å²) in [5, 5.41) is 3.06. The van der Waals surface area contributed by atoms with Gasteiger partial charge in [-0.3, -0.25) is 4.79 Å². The maximum atomic E-state index is 12.6. The molecule has 0 saturated carbocycles. The van der Waals surface area contributed by atoms with E-state index in [2.05, 4.69) is 10.3 Å². The number of aromatic nitrogens is 1. The Morgan fingerprint density at radius 3 is 2.32 bits per heavy atom. The molecule has 25 heavy (non-hydrogen) atoms. The third-order valence-electron chi connectivity index (χ3n) is 3.62. The number of pyridine rings is 1. The summed E-state index contributed by atoms with van der Waals surface area (Å²) in [5.74, 6) is 0. The van der Waals surface area contributed by atoms with Gasteiger partial charge in [0.2, 0.25) is 5.56 Å². The van der Waals surface area contributed by atoms with E-state index < -0.39 is 11.7 Å². The summed E-state index contributed by atoms with van der Waals surface area (Å²) in [5.41, 5.74) is 7.78. The fraction of sp³-hybridized carbons (Fsp3) is 0.0556. The van der Waals surface area contributed by atoms with Crippen LogP contribution in [0.2, 0.25) is 0 Å². The Bertz CT molecular complexity index is 947. The number of nitrogen functional groups attached to an aromatic ring is 1. The minimum Gasteiger partial charge on any atom is -0.399 e. The topological polar surface area (TPSA) is 70.9 Å². The van der Waals surface area contributed by atoms with Gasteiger partial charge in [-0.2, -0.15) is 13.2 Å². The highest BCUT2D eigenvalue weighted by atomic mass is 19.4. The number of alkyl halides is 3. The van der Waals surface area contributed by atoms with E-state index in [1.54, 1.807) is 24.3 Å². The molecule has 7 heteroatoms. The van der Waals surface area contributed by atoms with Gasteiger partial charge in [0.15, 0.2) is 0 Å². The highest BCUT2D eigenvalue weighted by molar-refractivity contribution is 5.83. The summed E-state index contributed by atoms with van der Waals surface area (Å²) >= 11 is 0. The third kappa shape index (κ3) is 3.82. The number of aromatic amines is 1. The molecule has 0 unspecified atom stereocenters. The van der Waals surface area contributed by atoms with E-state index in [1.807, 2.05) is 0 Å². The van der Waals surface area contributed by atoms with Crippen molar-refractivity contribution in [3.8, 4) is 11.1 Å². The molecule has 0 radical (unpaired) electrons. The van der Waals surface area contributed by atoms with Gasteiger partial charge in [0.1, 0.15) is 0 Å². The van der Waals surface area contributed by atoms with Crippen LogP contribution in [-0.2, 0) is 6.18 Å². The van der Waals surface area contributed by atoms with E-state index in [1.165, 1.54) is 24.4 Å². The summed E-state index contributed by atoms with van der Waals surface area (Å²) in [4.78, 5) is 14.1. The van der Waals surface area contributed by atoms with Gasteiger partial charge in [0, 0.05) is 34.9 Å². The van der Waals surface area contributed by atoms with Gasteiger partial charge >= 0.3 is 6.18 Å². The van der Waals surface area contributed by atoms with Crippen molar-refractivity contribution in [1.82, 2.24) is 4.98 Å². The van der Waals surface area contributed by atoms with E-state index in [0.29, 0.717) is 28.2 Å². The molecule has 0 bridgehead atoms. The summed E-state index contributed by atoms with van der Waals surface area (Å²) in [6.45, 7) is 0. The SMILES string of the molecule is Nc1ccc(Nc2ccc(C(F)(F)F)cc2)c(-c2cc[nH]c(=O)c2)c1. The molecule has 3 rings (SSSR count). The second-order valence-corrected chi connectivity index (χ2v) is 5.45. The zero-order valence-corrected chi connectivity index (χ0v) is 12.9. The van der Waals surface area contributed by atoms with E-state index in [4.69, 9.17) is 5.73 Å². The number of H-pyrrole nitrogens is 1. The first-order valence-corrected chi connectivity index (χ1v) is 7.36. The zero-order valence-electron chi connectivity index (χ0n) is 12.9. The maximum absolute atomic E-state index is 12.6. The number of nitrogens with one attached hydrogen (secondary N) is 2. The molecule has 3 aromatic rings. The molecule has 2 aromatic carbocycles. The number of nitrogens with two attached hydrogens (primary N) is 1. The normalized spacial score (nSPS) is 11.3. The molecule has 4 N–H and O–H groups in total. The average Bonchev–Trinajstić information content (AvgIpc) is 2.56. The number of benzene rings is 2. The van der Waals surface area contributed by atoms with Crippen LogP contribution in [0.3, 0.4) is 0 Å². The number of hydrogen-bond donors (Lipinski definition) is 3. The van der Waals surface area contributed by atoms with Crippen molar-refractivity contribution >= 4 is 17.1 Å². The summed E-state index contributed by atoms with van der Waals surface area (Å²) in [6, 6.07) is 12.9. The van der Waals surface area contributed by atoms with E-state index >= 15 is 0 Å². The van der Waals surface area contributed by atoms with Crippen LogP contribution in [0.5, 0.6) is 0 Å². The minimum absolute atomic E-state index is 0.264. The van der Waals surface area contributed by atoms with Gasteiger partial charge in [0.05, 0.1) is 5.56 Å². The molecule has 0 spiro atoms. The Kier molecular flexibility index (Phi) is 4.22. The van der Waals surface area contributed by atoms with Crippen molar-refractivity contribution in [3.05, 3.63) is 76.7 Å². The molecule has 0 aliphatic heterocycles. The Hall–Kier alpha value is -3.22. The lowest BCUT2D eigenvalue weighted by Gasteiger charge is -2.14. The van der Waals surface area contributed by atoms with Crippen LogP contribution in [0, 0.1) is 0 Å². The monoisotopic (exact) mass is 345 g/mol. The third-order valence-corrected chi connectivity index (χ3v) is 3.62. The molecule has 4 nitrogen and oxygen atoms in total. The van der Waals surface area contributed by atoms with Crippen molar-refractivity contribution in [2.75, 3.05) is 11.1 Å². The molecule has 0 aliphatic carbocycles. The first-order chi connectivity index (χ1) is 11.8. The minimum atomic E-state index is -4.38. The standard InChI is InChI=1S/C18H14F3N3O/c19-18(20,21)12-1-4-14(5-2-12)24-16-6-3-13(22)10-15(16)11-7-8-23-17(25)9-11/h1-10,24H,22H2,(H,23,25). The first kappa shape index (κ1) is 16.6. The van der Waals surface area contributed by atoms with Gasteiger partial charge < -0.3 is 16.0 Å². The second-order valence-electron chi connectivity index (χ2n) is 5.45. The van der Waals surface area contributed by atoms with Crippen LogP contribution in [0.25, 0.3) is 11.1 Å². The first-order valence-electron chi connectivity index (χ1n) is 7.36. The zero-order chi connectivity index (χ0) is 18.0. The Balaban J connectivity index is 1.97. The van der Waals surface area contributed by atoms with Crippen LogP contribution < -0.4 is 16.6 Å². The largest absolute Gasteiger partial charge is 0.416 e. The highest BCUT2D eigenvalue weighted by Crippen LogP contribution is 2.33. The lowest BCUT2D eigenvalue weighted by atomic mass is 10.0. The maximum Gasteiger partial charge on any atom is 0.416 e. The van der Waals surface area contributed by atoms with Crippen molar-refractivity contribution in [3.63, 3.8) is 0 Å². The molecule has 0 fully saturated rings. The van der Waals surface area contributed by atoms with Gasteiger partial charge in [-0.15, -0.1) is 0 Å². The lowest BCUT2D eigenvalue weighted by molar-refractivity contribution is -0.137. The van der Waals surface area contributed by atoms with Crippen LogP contribution in [0.15, 0.2) is 65.6 Å². The molecule has 0 saturated heterocycles. The predicted octanol–water partition coefficient (Wildman–Crippen LogP) is 4.39. The second kappa shape index (κ2) is 6.35.